The van der Waals surface area contributed by atoms with Crippen LogP contribution in [0.25, 0.3) is 0 Å². The minimum Gasteiger partial charge on any atom is -0.481 e. The van der Waals surface area contributed by atoms with Gasteiger partial charge in [-0.2, -0.15) is 0 Å². The number of ketones is 2. The highest BCUT2D eigenvalue weighted by atomic mass is 16.7. The third-order valence-electron chi connectivity index (χ3n) is 9.37. The normalized spacial score (nSPS) is 45.3. The number of carboxylic acid groups (broad SMARTS) is 1. The predicted octanol–water partition coefficient (Wildman–Crippen LogP) is 2.81. The number of rotatable bonds is 4. The maximum atomic E-state index is 13.2. The summed E-state index contributed by atoms with van der Waals surface area (Å²) in [5.41, 5.74) is -1.05. The Kier molecular flexibility index (Phi) is 6.90. The van der Waals surface area contributed by atoms with E-state index in [1.165, 1.54) is 0 Å². The number of allylic oxidation sites excluding steroid dienone is 4. The van der Waals surface area contributed by atoms with Crippen LogP contribution in [0.4, 0.5) is 0 Å². The first-order valence-electron chi connectivity index (χ1n) is 12.7. The Balaban J connectivity index is 0.000000672. The summed E-state index contributed by atoms with van der Waals surface area (Å²) in [6.45, 7) is 6.76. The fourth-order valence-corrected chi connectivity index (χ4v) is 8.12. The Morgan fingerprint density at radius 1 is 1.26 bits per heavy atom. The quantitative estimate of drug-likeness (QED) is 0.548. The van der Waals surface area contributed by atoms with E-state index in [0.29, 0.717) is 19.3 Å². The number of hydrogen-bond acceptors (Lipinski definition) is 7. The summed E-state index contributed by atoms with van der Waals surface area (Å²) >= 11 is 0. The van der Waals surface area contributed by atoms with Gasteiger partial charge in [0.1, 0.15) is 6.61 Å². The van der Waals surface area contributed by atoms with Gasteiger partial charge < -0.3 is 24.8 Å². The SMILES string of the molecule is CC(=O)O.CCCC1O[C@@H]2C[C@H]3[C@@H]4CCC5=CC(=O)C=C[C@]5(C)[C@H]4[C@@H](O)C[C@]3(C)[C@]2(C(=O)CO)O1. The number of hydrogen-bond donors (Lipinski definition) is 3. The maximum Gasteiger partial charge on any atom is 0.300 e. The minimum absolute atomic E-state index is 0.0125. The third-order valence-corrected chi connectivity index (χ3v) is 9.37. The van der Waals surface area contributed by atoms with Gasteiger partial charge in [0.05, 0.1) is 12.2 Å². The van der Waals surface area contributed by atoms with Crippen LogP contribution in [-0.2, 0) is 23.9 Å². The molecule has 1 saturated heterocycles. The van der Waals surface area contributed by atoms with Crippen molar-refractivity contribution in [1.82, 2.24) is 0 Å². The zero-order valence-electron chi connectivity index (χ0n) is 21.0. The highest BCUT2D eigenvalue weighted by molar-refractivity contribution is 6.01. The largest absolute Gasteiger partial charge is 0.481 e. The molecule has 1 aliphatic heterocycles. The summed E-state index contributed by atoms with van der Waals surface area (Å²) in [6.07, 6.45) is 8.31. The lowest BCUT2D eigenvalue weighted by Gasteiger charge is -2.59. The zero-order valence-corrected chi connectivity index (χ0v) is 21.0. The molecule has 4 fully saturated rings. The molecule has 0 amide bonds. The number of aliphatic carboxylic acids is 1. The standard InChI is InChI=1S/C25H34O6.C2H4O2/c1-4-5-21-30-20-11-17-16-7-6-14-10-15(27)8-9-23(14,2)22(16)18(28)12-24(17,3)25(20,31-21)19(29)13-26;1-2(3)4/h8-10,16-18,20-22,26,28H,4-7,11-13H2,1-3H3;1H3,(H,3,4)/t16-,17-,18-,20+,21?,22+,23-,24-,25+;/m0./s1. The Morgan fingerprint density at radius 2 is 1.94 bits per heavy atom. The van der Waals surface area contributed by atoms with Gasteiger partial charge in [0, 0.05) is 23.7 Å². The van der Waals surface area contributed by atoms with Crippen molar-refractivity contribution in [2.75, 3.05) is 6.61 Å². The fraction of sp³-hybridized carbons (Fsp3) is 0.741. The number of Topliss-reactive ketones (excluding diaryl/α,β-unsaturated/α-hetero) is 1. The number of fused-ring (bicyclic) bond motifs is 7. The van der Waals surface area contributed by atoms with Crippen LogP contribution in [0.5, 0.6) is 0 Å². The van der Waals surface area contributed by atoms with E-state index in [2.05, 4.69) is 20.8 Å². The number of carboxylic acids is 1. The molecule has 9 atom stereocenters. The van der Waals surface area contributed by atoms with E-state index in [9.17, 15) is 19.8 Å². The van der Waals surface area contributed by atoms with Crippen LogP contribution in [0, 0.1) is 28.6 Å². The van der Waals surface area contributed by atoms with Crippen LogP contribution in [0.1, 0.15) is 66.2 Å². The van der Waals surface area contributed by atoms with E-state index >= 15 is 0 Å². The van der Waals surface area contributed by atoms with Crippen molar-refractivity contribution in [1.29, 1.82) is 0 Å². The molecule has 0 aromatic rings. The Morgan fingerprint density at radius 3 is 2.57 bits per heavy atom. The Bertz CT molecular complexity index is 951. The second-order valence-electron chi connectivity index (χ2n) is 11.2. The molecule has 8 nitrogen and oxygen atoms in total. The lowest BCUT2D eigenvalue weighted by atomic mass is 9.46. The first-order chi connectivity index (χ1) is 16.4. The number of ether oxygens (including phenoxy) is 2. The van der Waals surface area contributed by atoms with Gasteiger partial charge in [0.15, 0.2) is 23.5 Å². The minimum atomic E-state index is -1.20. The van der Waals surface area contributed by atoms with Gasteiger partial charge in [-0.25, -0.2) is 0 Å². The number of carbonyl (C=O) groups excluding carboxylic acids is 2. The van der Waals surface area contributed by atoms with Crippen LogP contribution in [0.2, 0.25) is 0 Å². The summed E-state index contributed by atoms with van der Waals surface area (Å²) in [5.74, 6) is -0.806. The van der Waals surface area contributed by atoms with Gasteiger partial charge >= 0.3 is 0 Å². The predicted molar refractivity (Wildman–Crippen MR) is 126 cm³/mol. The lowest BCUT2D eigenvalue weighted by molar-refractivity contribution is -0.200. The molecule has 4 aliphatic carbocycles. The summed E-state index contributed by atoms with van der Waals surface area (Å²) in [6, 6.07) is 0. The summed E-state index contributed by atoms with van der Waals surface area (Å²) in [4.78, 5) is 34.2. The van der Waals surface area contributed by atoms with Gasteiger partial charge in [0.2, 0.25) is 0 Å². The van der Waals surface area contributed by atoms with Gasteiger partial charge in [0.25, 0.3) is 5.97 Å². The summed E-state index contributed by atoms with van der Waals surface area (Å²) in [5, 5.41) is 28.8. The number of aliphatic hydroxyl groups is 2. The summed E-state index contributed by atoms with van der Waals surface area (Å²) in [7, 11) is 0. The average molecular weight is 491 g/mol. The molecule has 8 heteroatoms. The number of carbonyl (C=O) groups is 3. The molecule has 0 aromatic heterocycles. The van der Waals surface area contributed by atoms with E-state index in [0.717, 1.165) is 31.8 Å². The van der Waals surface area contributed by atoms with Crippen molar-refractivity contribution < 1.29 is 39.2 Å². The van der Waals surface area contributed by atoms with Crippen molar-refractivity contribution in [2.45, 2.75) is 90.3 Å². The van der Waals surface area contributed by atoms with E-state index in [1.807, 2.05) is 6.08 Å². The van der Waals surface area contributed by atoms with Crippen molar-refractivity contribution in [2.24, 2.45) is 28.6 Å². The van der Waals surface area contributed by atoms with Crippen LogP contribution in [-0.4, -0.2) is 63.6 Å². The second kappa shape index (κ2) is 9.21. The van der Waals surface area contributed by atoms with Crippen molar-refractivity contribution in [3.05, 3.63) is 23.8 Å². The van der Waals surface area contributed by atoms with E-state index in [-0.39, 0.29) is 34.7 Å². The van der Waals surface area contributed by atoms with Crippen molar-refractivity contribution in [3.63, 3.8) is 0 Å². The smallest absolute Gasteiger partial charge is 0.300 e. The van der Waals surface area contributed by atoms with Gasteiger partial charge in [-0.05, 0) is 56.1 Å². The average Bonchev–Trinajstić information content (AvgIpc) is 3.25. The molecule has 0 bridgehead atoms. The van der Waals surface area contributed by atoms with Crippen LogP contribution >= 0.6 is 0 Å². The van der Waals surface area contributed by atoms with Gasteiger partial charge in [-0.3, -0.25) is 14.4 Å². The Labute approximate surface area is 206 Å². The molecular formula is C27H38O8. The summed E-state index contributed by atoms with van der Waals surface area (Å²) < 4.78 is 12.7. The molecule has 1 heterocycles. The molecule has 5 aliphatic rings. The second-order valence-corrected chi connectivity index (χ2v) is 11.2. The molecule has 35 heavy (non-hydrogen) atoms. The van der Waals surface area contributed by atoms with Crippen LogP contribution < -0.4 is 0 Å². The fourth-order valence-electron chi connectivity index (χ4n) is 8.12. The zero-order chi connectivity index (χ0) is 25.8. The maximum absolute atomic E-state index is 13.2. The lowest BCUT2D eigenvalue weighted by Crippen LogP contribution is -2.63. The molecule has 0 aromatic carbocycles. The molecular weight excluding hydrogens is 452 g/mol. The highest BCUT2D eigenvalue weighted by Crippen LogP contribution is 2.69. The van der Waals surface area contributed by atoms with E-state index in [4.69, 9.17) is 19.4 Å². The monoisotopic (exact) mass is 490 g/mol. The third kappa shape index (κ3) is 3.84. The van der Waals surface area contributed by atoms with Crippen molar-refractivity contribution in [3.8, 4) is 0 Å². The van der Waals surface area contributed by atoms with Crippen LogP contribution in [0.3, 0.4) is 0 Å². The molecule has 3 saturated carbocycles. The molecule has 5 rings (SSSR count). The van der Waals surface area contributed by atoms with Crippen LogP contribution in [0.15, 0.2) is 23.8 Å². The first kappa shape index (κ1) is 26.2. The molecule has 194 valence electrons. The molecule has 0 spiro atoms. The van der Waals surface area contributed by atoms with Gasteiger partial charge in [-0.15, -0.1) is 0 Å². The first-order valence-corrected chi connectivity index (χ1v) is 12.7. The van der Waals surface area contributed by atoms with Gasteiger partial charge in [-0.1, -0.05) is 38.8 Å². The number of aliphatic hydroxyl groups excluding tert-OH is 2. The molecule has 0 radical (unpaired) electrons. The highest BCUT2D eigenvalue weighted by Gasteiger charge is 2.75. The molecule has 1 unspecified atom stereocenters. The van der Waals surface area contributed by atoms with Crippen molar-refractivity contribution >= 4 is 17.5 Å². The van der Waals surface area contributed by atoms with E-state index in [1.54, 1.807) is 12.2 Å². The molecule has 3 N–H and O–H groups in total. The topological polar surface area (TPSA) is 130 Å². The Hall–Kier alpha value is -1.87. The van der Waals surface area contributed by atoms with E-state index < -0.39 is 42.1 Å².